The predicted molar refractivity (Wildman–Crippen MR) is 74.0 cm³/mol. The van der Waals surface area contributed by atoms with Gasteiger partial charge in [-0.2, -0.15) is 5.26 Å². The van der Waals surface area contributed by atoms with Gasteiger partial charge in [0.1, 0.15) is 11.8 Å². The molecule has 2 rings (SSSR count). The molecule has 0 amide bonds. The molecule has 0 saturated heterocycles. The van der Waals surface area contributed by atoms with Crippen molar-refractivity contribution >= 4 is 11.6 Å². The van der Waals surface area contributed by atoms with Crippen molar-refractivity contribution in [2.45, 2.75) is 6.92 Å². The van der Waals surface area contributed by atoms with E-state index < -0.39 is 0 Å². The Morgan fingerprint density at radius 1 is 1.05 bits per heavy atom. The molecule has 4 heteroatoms. The third-order valence-corrected chi connectivity index (χ3v) is 2.84. The van der Waals surface area contributed by atoms with E-state index in [9.17, 15) is 0 Å². The highest BCUT2D eigenvalue weighted by molar-refractivity contribution is 6.30. The predicted octanol–water partition coefficient (Wildman–Crippen LogP) is 4.32. The Morgan fingerprint density at radius 2 is 1.79 bits per heavy atom. The molecule has 19 heavy (non-hydrogen) atoms. The first-order valence-corrected chi connectivity index (χ1v) is 6.04. The summed E-state index contributed by atoms with van der Waals surface area (Å²) >= 11 is 5.85. The SMILES string of the molecule is COc1cc(C)ccc1Oc1ccc(Cl)cc1C#N. The molecule has 0 aliphatic rings. The molecule has 0 N–H and O–H groups in total. The van der Waals surface area contributed by atoms with Crippen LogP contribution in [0.5, 0.6) is 17.2 Å². The number of ether oxygens (including phenoxy) is 2. The van der Waals surface area contributed by atoms with Crippen molar-refractivity contribution in [1.82, 2.24) is 0 Å². The first kappa shape index (κ1) is 13.3. The zero-order chi connectivity index (χ0) is 13.8. The Labute approximate surface area is 117 Å². The quantitative estimate of drug-likeness (QED) is 0.836. The molecule has 0 fully saturated rings. The fourth-order valence-electron chi connectivity index (χ4n) is 1.66. The van der Waals surface area contributed by atoms with E-state index in [1.54, 1.807) is 25.3 Å². The summed E-state index contributed by atoms with van der Waals surface area (Å²) in [6.07, 6.45) is 0. The van der Waals surface area contributed by atoms with Crippen molar-refractivity contribution in [2.24, 2.45) is 0 Å². The van der Waals surface area contributed by atoms with Crippen LogP contribution < -0.4 is 9.47 Å². The molecule has 0 heterocycles. The molecule has 0 unspecified atom stereocenters. The number of benzene rings is 2. The highest BCUT2D eigenvalue weighted by Gasteiger charge is 2.09. The summed E-state index contributed by atoms with van der Waals surface area (Å²) < 4.78 is 11.0. The molecule has 0 aromatic heterocycles. The number of nitrogens with zero attached hydrogens (tertiary/aromatic N) is 1. The zero-order valence-electron chi connectivity index (χ0n) is 10.6. The topological polar surface area (TPSA) is 42.2 Å². The maximum Gasteiger partial charge on any atom is 0.169 e. The van der Waals surface area contributed by atoms with E-state index in [-0.39, 0.29) is 0 Å². The molecule has 2 aromatic rings. The van der Waals surface area contributed by atoms with Crippen LogP contribution in [-0.2, 0) is 0 Å². The first-order valence-electron chi connectivity index (χ1n) is 5.66. The highest BCUT2D eigenvalue weighted by Crippen LogP contribution is 2.34. The average molecular weight is 274 g/mol. The van der Waals surface area contributed by atoms with Crippen molar-refractivity contribution in [3.8, 4) is 23.3 Å². The maximum absolute atomic E-state index is 9.07. The number of halogens is 1. The van der Waals surface area contributed by atoms with E-state index in [0.717, 1.165) is 5.56 Å². The monoisotopic (exact) mass is 273 g/mol. The first-order chi connectivity index (χ1) is 9.13. The van der Waals surface area contributed by atoms with Gasteiger partial charge >= 0.3 is 0 Å². The Morgan fingerprint density at radius 3 is 2.47 bits per heavy atom. The van der Waals surface area contributed by atoms with E-state index in [2.05, 4.69) is 6.07 Å². The van der Waals surface area contributed by atoms with Crippen LogP contribution in [0.2, 0.25) is 5.02 Å². The molecular weight excluding hydrogens is 262 g/mol. The summed E-state index contributed by atoms with van der Waals surface area (Å²) in [5.41, 5.74) is 1.45. The fourth-order valence-corrected chi connectivity index (χ4v) is 1.83. The molecule has 2 aromatic carbocycles. The molecule has 0 saturated carbocycles. The highest BCUT2D eigenvalue weighted by atomic mass is 35.5. The summed E-state index contributed by atoms with van der Waals surface area (Å²) in [6, 6.07) is 12.6. The Kier molecular flexibility index (Phi) is 3.94. The smallest absolute Gasteiger partial charge is 0.169 e. The molecule has 0 aliphatic carbocycles. The fraction of sp³-hybridized carbons (Fsp3) is 0.133. The zero-order valence-corrected chi connectivity index (χ0v) is 11.4. The minimum Gasteiger partial charge on any atom is -0.493 e. The third-order valence-electron chi connectivity index (χ3n) is 2.60. The van der Waals surface area contributed by atoms with Gasteiger partial charge in [0.05, 0.1) is 12.7 Å². The molecule has 0 radical (unpaired) electrons. The van der Waals surface area contributed by atoms with Crippen LogP contribution in [0.3, 0.4) is 0 Å². The van der Waals surface area contributed by atoms with Crippen LogP contribution in [0.1, 0.15) is 11.1 Å². The van der Waals surface area contributed by atoms with Crippen molar-refractivity contribution in [3.05, 3.63) is 52.5 Å². The van der Waals surface area contributed by atoms with Gasteiger partial charge in [0.2, 0.25) is 0 Å². The van der Waals surface area contributed by atoms with E-state index in [0.29, 0.717) is 27.8 Å². The van der Waals surface area contributed by atoms with Crippen LogP contribution >= 0.6 is 11.6 Å². The van der Waals surface area contributed by atoms with E-state index >= 15 is 0 Å². The molecule has 0 atom stereocenters. The number of methoxy groups -OCH3 is 1. The normalized spacial score (nSPS) is 9.79. The van der Waals surface area contributed by atoms with E-state index in [1.807, 2.05) is 25.1 Å². The van der Waals surface area contributed by atoms with Gasteiger partial charge in [0, 0.05) is 5.02 Å². The average Bonchev–Trinajstić information content (AvgIpc) is 2.42. The van der Waals surface area contributed by atoms with E-state index in [4.69, 9.17) is 26.3 Å². The maximum atomic E-state index is 9.07. The van der Waals surface area contributed by atoms with Gasteiger partial charge in [-0.3, -0.25) is 0 Å². The summed E-state index contributed by atoms with van der Waals surface area (Å²) in [4.78, 5) is 0. The molecular formula is C15H12ClNO2. The van der Waals surface area contributed by atoms with Crippen LogP contribution in [0.4, 0.5) is 0 Å². The van der Waals surface area contributed by atoms with Crippen LogP contribution in [0.25, 0.3) is 0 Å². The van der Waals surface area contributed by atoms with Gasteiger partial charge < -0.3 is 9.47 Å². The minimum absolute atomic E-state index is 0.384. The number of hydrogen-bond acceptors (Lipinski definition) is 3. The summed E-state index contributed by atoms with van der Waals surface area (Å²) in [6.45, 7) is 1.97. The summed E-state index contributed by atoms with van der Waals surface area (Å²) in [5.74, 6) is 1.64. The Balaban J connectivity index is 2.39. The lowest BCUT2D eigenvalue weighted by Gasteiger charge is -2.12. The Hall–Kier alpha value is -2.18. The van der Waals surface area contributed by atoms with Crippen molar-refractivity contribution in [2.75, 3.05) is 7.11 Å². The molecule has 96 valence electrons. The van der Waals surface area contributed by atoms with Gasteiger partial charge in [-0.1, -0.05) is 17.7 Å². The van der Waals surface area contributed by atoms with Crippen molar-refractivity contribution < 1.29 is 9.47 Å². The number of aryl methyl sites for hydroxylation is 1. The third kappa shape index (κ3) is 2.98. The van der Waals surface area contributed by atoms with E-state index in [1.165, 1.54) is 0 Å². The lowest BCUT2D eigenvalue weighted by atomic mass is 10.2. The van der Waals surface area contributed by atoms with Gasteiger partial charge in [-0.15, -0.1) is 0 Å². The minimum atomic E-state index is 0.384. The van der Waals surface area contributed by atoms with Gasteiger partial charge in [0.25, 0.3) is 0 Å². The van der Waals surface area contributed by atoms with Crippen LogP contribution in [0.15, 0.2) is 36.4 Å². The second-order valence-corrected chi connectivity index (χ2v) is 4.45. The van der Waals surface area contributed by atoms with Gasteiger partial charge in [-0.05, 0) is 42.8 Å². The van der Waals surface area contributed by atoms with Crippen LogP contribution in [-0.4, -0.2) is 7.11 Å². The Bertz CT molecular complexity index is 647. The largest absolute Gasteiger partial charge is 0.493 e. The second-order valence-electron chi connectivity index (χ2n) is 4.01. The number of nitriles is 1. The molecule has 0 aliphatic heterocycles. The second kappa shape index (κ2) is 5.64. The number of rotatable bonds is 3. The summed E-state index contributed by atoms with van der Waals surface area (Å²) in [5, 5.41) is 9.57. The van der Waals surface area contributed by atoms with Gasteiger partial charge in [-0.25, -0.2) is 0 Å². The molecule has 0 bridgehead atoms. The van der Waals surface area contributed by atoms with Crippen molar-refractivity contribution in [3.63, 3.8) is 0 Å². The van der Waals surface area contributed by atoms with Gasteiger partial charge in [0.15, 0.2) is 11.5 Å². The van der Waals surface area contributed by atoms with Crippen LogP contribution in [0, 0.1) is 18.3 Å². The van der Waals surface area contributed by atoms with Crippen molar-refractivity contribution in [1.29, 1.82) is 5.26 Å². The number of hydrogen-bond donors (Lipinski definition) is 0. The standard InChI is InChI=1S/C15H12ClNO2/c1-10-3-5-14(15(7-10)18-2)19-13-6-4-12(16)8-11(13)9-17/h3-8H,1-2H3. The molecule has 0 spiro atoms. The lowest BCUT2D eigenvalue weighted by Crippen LogP contribution is -1.93. The summed E-state index contributed by atoms with van der Waals surface area (Å²) in [7, 11) is 1.58. The molecule has 3 nitrogen and oxygen atoms in total. The lowest BCUT2D eigenvalue weighted by molar-refractivity contribution is 0.378.